The number of methoxy groups -OCH3 is 2. The largest absolute Gasteiger partial charge is 0.493 e. The Morgan fingerprint density at radius 1 is 1.00 bits per heavy atom. The van der Waals surface area contributed by atoms with Crippen LogP contribution in [0.25, 0.3) is 11.4 Å². The van der Waals surface area contributed by atoms with Crippen LogP contribution in [0.5, 0.6) is 23.0 Å². The standard InChI is InChI=1S/C21H20N2O7/c1-25-15-6-4-13(10-17(15)26-2)20-22-19(30-23-20)12-29-21(24)14-5-7-16-18(11-14)28-9-3-8-27-16/h4-7,10-11H,3,8-9,12H2,1-2H3. The van der Waals surface area contributed by atoms with Crippen LogP contribution in [0, 0.1) is 0 Å². The van der Waals surface area contributed by atoms with E-state index in [-0.39, 0.29) is 12.5 Å². The minimum atomic E-state index is -0.531. The molecule has 4 rings (SSSR count). The number of nitrogens with zero attached hydrogens (tertiary/aromatic N) is 2. The molecule has 1 aromatic heterocycles. The van der Waals surface area contributed by atoms with Gasteiger partial charge in [0.2, 0.25) is 5.82 Å². The molecule has 0 saturated carbocycles. The molecule has 9 heteroatoms. The van der Waals surface area contributed by atoms with E-state index in [1.54, 1.807) is 50.6 Å². The number of carbonyl (C=O) groups is 1. The first-order chi connectivity index (χ1) is 14.7. The van der Waals surface area contributed by atoms with E-state index in [9.17, 15) is 4.79 Å². The van der Waals surface area contributed by atoms with Crippen molar-refractivity contribution in [2.45, 2.75) is 13.0 Å². The molecule has 0 amide bonds. The third kappa shape index (κ3) is 4.14. The predicted octanol–water partition coefficient (Wildman–Crippen LogP) is 3.27. The van der Waals surface area contributed by atoms with Gasteiger partial charge in [0.05, 0.1) is 33.0 Å². The summed E-state index contributed by atoms with van der Waals surface area (Å²) >= 11 is 0. The van der Waals surface area contributed by atoms with E-state index in [0.29, 0.717) is 53.2 Å². The third-order valence-corrected chi connectivity index (χ3v) is 4.42. The van der Waals surface area contributed by atoms with Crippen molar-refractivity contribution in [2.75, 3.05) is 27.4 Å². The van der Waals surface area contributed by atoms with Crippen LogP contribution >= 0.6 is 0 Å². The first-order valence-electron chi connectivity index (χ1n) is 9.29. The van der Waals surface area contributed by atoms with Crippen LogP contribution < -0.4 is 18.9 Å². The van der Waals surface area contributed by atoms with E-state index >= 15 is 0 Å². The lowest BCUT2D eigenvalue weighted by Crippen LogP contribution is -2.06. The molecule has 0 unspecified atom stereocenters. The number of hydrogen-bond donors (Lipinski definition) is 0. The van der Waals surface area contributed by atoms with E-state index in [1.165, 1.54) is 0 Å². The average Bonchev–Trinajstić information content (AvgIpc) is 3.13. The molecule has 156 valence electrons. The van der Waals surface area contributed by atoms with Gasteiger partial charge in [-0.3, -0.25) is 0 Å². The molecule has 30 heavy (non-hydrogen) atoms. The highest BCUT2D eigenvalue weighted by atomic mass is 16.6. The molecule has 2 aromatic carbocycles. The number of fused-ring (bicyclic) bond motifs is 1. The number of aromatic nitrogens is 2. The number of carbonyl (C=O) groups excluding carboxylic acids is 1. The second-order valence-electron chi connectivity index (χ2n) is 6.37. The van der Waals surface area contributed by atoms with Crippen molar-refractivity contribution in [3.8, 4) is 34.4 Å². The second-order valence-corrected chi connectivity index (χ2v) is 6.37. The Kier molecular flexibility index (Phi) is 5.69. The smallest absolute Gasteiger partial charge is 0.338 e. The molecule has 0 radical (unpaired) electrons. The summed E-state index contributed by atoms with van der Waals surface area (Å²) in [7, 11) is 3.10. The normalized spacial score (nSPS) is 12.7. The summed E-state index contributed by atoms with van der Waals surface area (Å²) < 4.78 is 32.1. The lowest BCUT2D eigenvalue weighted by molar-refractivity contribution is 0.0429. The monoisotopic (exact) mass is 412 g/mol. The average molecular weight is 412 g/mol. The van der Waals surface area contributed by atoms with Gasteiger partial charge in [-0.15, -0.1) is 0 Å². The number of ether oxygens (including phenoxy) is 5. The van der Waals surface area contributed by atoms with Crippen molar-refractivity contribution in [3.05, 3.63) is 47.9 Å². The fourth-order valence-electron chi connectivity index (χ4n) is 2.91. The third-order valence-electron chi connectivity index (χ3n) is 4.42. The van der Waals surface area contributed by atoms with Gasteiger partial charge >= 0.3 is 5.97 Å². The quantitative estimate of drug-likeness (QED) is 0.564. The van der Waals surface area contributed by atoms with Crippen LogP contribution in [0.15, 0.2) is 40.9 Å². The van der Waals surface area contributed by atoms with Crippen molar-refractivity contribution in [2.24, 2.45) is 0 Å². The van der Waals surface area contributed by atoms with Crippen molar-refractivity contribution in [3.63, 3.8) is 0 Å². The summed E-state index contributed by atoms with van der Waals surface area (Å²) in [4.78, 5) is 16.6. The van der Waals surface area contributed by atoms with Gasteiger partial charge in [-0.05, 0) is 36.4 Å². The number of esters is 1. The molecule has 1 aliphatic heterocycles. The van der Waals surface area contributed by atoms with Crippen molar-refractivity contribution < 1.29 is 33.0 Å². The first-order valence-corrected chi connectivity index (χ1v) is 9.29. The fraction of sp³-hybridized carbons (Fsp3) is 0.286. The highest BCUT2D eigenvalue weighted by Gasteiger charge is 2.17. The van der Waals surface area contributed by atoms with E-state index < -0.39 is 5.97 Å². The minimum absolute atomic E-state index is 0.159. The summed E-state index contributed by atoms with van der Waals surface area (Å²) in [5, 5.41) is 3.93. The van der Waals surface area contributed by atoms with Gasteiger partial charge in [0.15, 0.2) is 29.6 Å². The molecular formula is C21H20N2O7. The molecule has 2 heterocycles. The summed E-state index contributed by atoms with van der Waals surface area (Å²) in [6.07, 6.45) is 0.786. The van der Waals surface area contributed by atoms with Crippen LogP contribution in [-0.2, 0) is 11.3 Å². The molecule has 0 fully saturated rings. The van der Waals surface area contributed by atoms with Gasteiger partial charge in [-0.2, -0.15) is 4.98 Å². The van der Waals surface area contributed by atoms with Crippen LogP contribution in [0.4, 0.5) is 0 Å². The van der Waals surface area contributed by atoms with Gasteiger partial charge in [-0.25, -0.2) is 4.79 Å². The highest BCUT2D eigenvalue weighted by Crippen LogP contribution is 2.32. The Labute approximate surface area is 172 Å². The Hall–Kier alpha value is -3.75. The SMILES string of the molecule is COc1ccc(-c2noc(COC(=O)c3ccc4c(c3)OCCCO4)n2)cc1OC. The topological polar surface area (TPSA) is 102 Å². The van der Waals surface area contributed by atoms with Gasteiger partial charge in [0.25, 0.3) is 5.89 Å². The first kappa shape index (κ1) is 19.6. The molecule has 0 aliphatic carbocycles. The predicted molar refractivity (Wildman–Crippen MR) is 104 cm³/mol. The lowest BCUT2D eigenvalue weighted by Gasteiger charge is -2.08. The van der Waals surface area contributed by atoms with Crippen molar-refractivity contribution in [1.29, 1.82) is 0 Å². The van der Waals surface area contributed by atoms with Gasteiger partial charge in [0.1, 0.15) is 0 Å². The van der Waals surface area contributed by atoms with Crippen LogP contribution in [0.3, 0.4) is 0 Å². The fourth-order valence-corrected chi connectivity index (χ4v) is 2.91. The van der Waals surface area contributed by atoms with E-state index in [0.717, 1.165) is 6.42 Å². The van der Waals surface area contributed by atoms with Gasteiger partial charge in [-0.1, -0.05) is 5.16 Å². The maximum absolute atomic E-state index is 12.4. The zero-order valence-corrected chi connectivity index (χ0v) is 16.5. The van der Waals surface area contributed by atoms with Crippen molar-refractivity contribution >= 4 is 5.97 Å². The molecule has 0 bridgehead atoms. The maximum Gasteiger partial charge on any atom is 0.338 e. The van der Waals surface area contributed by atoms with E-state index in [1.807, 2.05) is 0 Å². The summed E-state index contributed by atoms with van der Waals surface area (Å²) in [5.41, 5.74) is 1.02. The molecule has 0 spiro atoms. The molecule has 3 aromatic rings. The molecule has 1 aliphatic rings. The Morgan fingerprint density at radius 3 is 2.60 bits per heavy atom. The van der Waals surface area contributed by atoms with Crippen LogP contribution in [-0.4, -0.2) is 43.5 Å². The molecular weight excluding hydrogens is 392 g/mol. The second kappa shape index (κ2) is 8.73. The van der Waals surface area contributed by atoms with E-state index in [2.05, 4.69) is 10.1 Å². The number of rotatable bonds is 6. The molecule has 0 N–H and O–H groups in total. The molecule has 0 atom stereocenters. The highest BCUT2D eigenvalue weighted by molar-refractivity contribution is 5.90. The maximum atomic E-state index is 12.4. The summed E-state index contributed by atoms with van der Waals surface area (Å²) in [6.45, 7) is 0.955. The van der Waals surface area contributed by atoms with Crippen molar-refractivity contribution in [1.82, 2.24) is 10.1 Å². The minimum Gasteiger partial charge on any atom is -0.493 e. The number of benzene rings is 2. The Morgan fingerprint density at radius 2 is 1.80 bits per heavy atom. The van der Waals surface area contributed by atoms with Crippen LogP contribution in [0.1, 0.15) is 22.7 Å². The zero-order valence-electron chi connectivity index (χ0n) is 16.5. The summed E-state index contributed by atoms with van der Waals surface area (Å²) in [6, 6.07) is 10.2. The van der Waals surface area contributed by atoms with E-state index in [4.69, 9.17) is 28.2 Å². The Bertz CT molecular complexity index is 1050. The number of hydrogen-bond acceptors (Lipinski definition) is 9. The van der Waals surface area contributed by atoms with Crippen LogP contribution in [0.2, 0.25) is 0 Å². The molecule has 0 saturated heterocycles. The zero-order chi connectivity index (χ0) is 20.9. The Balaban J connectivity index is 1.42. The van der Waals surface area contributed by atoms with Gasteiger partial charge < -0.3 is 28.2 Å². The van der Waals surface area contributed by atoms with Gasteiger partial charge in [0, 0.05) is 12.0 Å². The summed E-state index contributed by atoms with van der Waals surface area (Å²) in [5.74, 6) is 2.25. The molecule has 9 nitrogen and oxygen atoms in total. The lowest BCUT2D eigenvalue weighted by atomic mass is 10.2.